The van der Waals surface area contributed by atoms with E-state index in [0.29, 0.717) is 0 Å². The predicted molar refractivity (Wildman–Crippen MR) is 61.3 cm³/mol. The van der Waals surface area contributed by atoms with Gasteiger partial charge in [0.15, 0.2) is 0 Å². The van der Waals surface area contributed by atoms with Gasteiger partial charge in [-0.25, -0.2) is 4.79 Å². The first-order valence-electron chi connectivity index (χ1n) is 5.34. The molecular weight excluding hydrogens is 226 g/mol. The van der Waals surface area contributed by atoms with Gasteiger partial charge in [-0.3, -0.25) is 9.59 Å². The third-order valence-electron chi connectivity index (χ3n) is 2.22. The molecule has 0 aliphatic heterocycles. The molecule has 4 N–H and O–H groups in total. The topological polar surface area (TPSA) is 113 Å². The maximum atomic E-state index is 11.7. The van der Waals surface area contributed by atoms with Crippen LogP contribution in [-0.2, 0) is 9.59 Å². The molecule has 1 unspecified atom stereocenters. The zero-order chi connectivity index (χ0) is 13.6. The van der Waals surface area contributed by atoms with E-state index in [2.05, 4.69) is 5.32 Å². The van der Waals surface area contributed by atoms with Crippen molar-refractivity contribution < 1.29 is 19.5 Å². The van der Waals surface area contributed by atoms with Crippen LogP contribution < -0.4 is 11.1 Å². The molecule has 0 spiro atoms. The Balaban J connectivity index is 4.44. The first-order chi connectivity index (χ1) is 7.75. The maximum absolute atomic E-state index is 11.7. The predicted octanol–water partition coefficient (Wildman–Crippen LogP) is -0.245. The lowest BCUT2D eigenvalue weighted by Crippen LogP contribution is -2.51. The number of hydrogen-bond donors (Lipinski definition) is 3. The number of amides is 3. The summed E-state index contributed by atoms with van der Waals surface area (Å²) in [5.41, 5.74) is 5.02. The molecule has 7 heteroatoms. The maximum Gasteiger partial charge on any atom is 0.318 e. The summed E-state index contributed by atoms with van der Waals surface area (Å²) < 4.78 is 0. The van der Waals surface area contributed by atoms with E-state index < -0.39 is 23.9 Å². The van der Waals surface area contributed by atoms with Gasteiger partial charge in [0.2, 0.25) is 5.91 Å². The minimum absolute atomic E-state index is 0.0876. The van der Waals surface area contributed by atoms with Crippen molar-refractivity contribution in [3.05, 3.63) is 0 Å². The zero-order valence-electron chi connectivity index (χ0n) is 10.3. The molecule has 98 valence electrons. The highest BCUT2D eigenvalue weighted by Crippen LogP contribution is 2.01. The number of primary amides is 1. The van der Waals surface area contributed by atoms with E-state index in [1.54, 1.807) is 13.8 Å². The van der Waals surface area contributed by atoms with Gasteiger partial charge in [0.25, 0.3) is 0 Å². The first kappa shape index (κ1) is 15.2. The van der Waals surface area contributed by atoms with Crippen molar-refractivity contribution in [3.8, 4) is 0 Å². The van der Waals surface area contributed by atoms with Crippen LogP contribution in [0.1, 0.15) is 27.2 Å². The quantitative estimate of drug-likeness (QED) is 0.599. The lowest BCUT2D eigenvalue weighted by Gasteiger charge is -2.27. The Hall–Kier alpha value is -1.79. The third-order valence-corrected chi connectivity index (χ3v) is 2.22. The van der Waals surface area contributed by atoms with Crippen molar-refractivity contribution in [2.75, 3.05) is 6.54 Å². The summed E-state index contributed by atoms with van der Waals surface area (Å²) in [7, 11) is 0. The van der Waals surface area contributed by atoms with E-state index in [9.17, 15) is 14.4 Å². The average molecular weight is 245 g/mol. The number of carboxylic acids is 1. The molecule has 0 aromatic heterocycles. The van der Waals surface area contributed by atoms with Gasteiger partial charge in [0.05, 0.1) is 6.42 Å². The van der Waals surface area contributed by atoms with Crippen molar-refractivity contribution >= 4 is 17.9 Å². The standard InChI is InChI=1S/C10H19N3O4/c1-6(2)13(5-4-8(14)15)10(17)12-7(3)9(11)16/h6-7H,4-5H2,1-3H3,(H2,11,16)(H,12,17)(H,14,15). The average Bonchev–Trinajstić information content (AvgIpc) is 2.16. The number of nitrogens with one attached hydrogen (secondary N) is 1. The highest BCUT2D eigenvalue weighted by Gasteiger charge is 2.20. The molecule has 0 aliphatic rings. The molecule has 0 fully saturated rings. The number of aliphatic carboxylic acids is 1. The summed E-state index contributed by atoms with van der Waals surface area (Å²) in [5.74, 6) is -1.62. The molecule has 1 atom stereocenters. The number of urea groups is 1. The number of carboxylic acid groups (broad SMARTS) is 1. The SMILES string of the molecule is CC(NC(=O)N(CCC(=O)O)C(C)C)C(N)=O. The van der Waals surface area contributed by atoms with Crippen LogP contribution in [0, 0.1) is 0 Å². The molecule has 0 bridgehead atoms. The monoisotopic (exact) mass is 245 g/mol. The summed E-state index contributed by atoms with van der Waals surface area (Å²) in [5, 5.41) is 11.0. The van der Waals surface area contributed by atoms with Crippen LogP contribution in [0.5, 0.6) is 0 Å². The van der Waals surface area contributed by atoms with E-state index in [0.717, 1.165) is 0 Å². The van der Waals surface area contributed by atoms with Crippen molar-refractivity contribution in [1.82, 2.24) is 10.2 Å². The molecule has 0 saturated carbocycles. The summed E-state index contributed by atoms with van der Waals surface area (Å²) in [6.45, 7) is 5.08. The normalized spacial score (nSPS) is 12.0. The number of hydrogen-bond acceptors (Lipinski definition) is 3. The van der Waals surface area contributed by atoms with Gasteiger partial charge in [-0.2, -0.15) is 0 Å². The van der Waals surface area contributed by atoms with Crippen LogP contribution in [0.4, 0.5) is 4.79 Å². The molecule has 0 aliphatic carbocycles. The first-order valence-corrected chi connectivity index (χ1v) is 5.34. The molecule has 0 aromatic carbocycles. The van der Waals surface area contributed by atoms with E-state index >= 15 is 0 Å². The highest BCUT2D eigenvalue weighted by molar-refractivity contribution is 5.85. The van der Waals surface area contributed by atoms with Crippen LogP contribution in [0.2, 0.25) is 0 Å². The van der Waals surface area contributed by atoms with Gasteiger partial charge in [-0.15, -0.1) is 0 Å². The molecule has 0 saturated heterocycles. The zero-order valence-corrected chi connectivity index (χ0v) is 10.3. The van der Waals surface area contributed by atoms with E-state index in [1.165, 1.54) is 11.8 Å². The van der Waals surface area contributed by atoms with Crippen LogP contribution in [0.25, 0.3) is 0 Å². The molecule has 3 amide bonds. The second kappa shape index (κ2) is 6.72. The number of rotatable bonds is 6. The summed E-state index contributed by atoms with van der Waals surface area (Å²) in [6.07, 6.45) is -0.142. The lowest BCUT2D eigenvalue weighted by atomic mass is 10.3. The molecule has 0 rings (SSSR count). The number of carbonyl (C=O) groups excluding carboxylic acids is 2. The minimum Gasteiger partial charge on any atom is -0.481 e. The van der Waals surface area contributed by atoms with Gasteiger partial charge in [0.1, 0.15) is 6.04 Å². The Morgan fingerprint density at radius 2 is 1.82 bits per heavy atom. The minimum atomic E-state index is -0.980. The smallest absolute Gasteiger partial charge is 0.318 e. The fourth-order valence-electron chi connectivity index (χ4n) is 1.15. The van der Waals surface area contributed by atoms with Gasteiger partial charge >= 0.3 is 12.0 Å². The van der Waals surface area contributed by atoms with Crippen LogP contribution >= 0.6 is 0 Å². The molecule has 17 heavy (non-hydrogen) atoms. The Morgan fingerprint density at radius 3 is 2.18 bits per heavy atom. The van der Waals surface area contributed by atoms with Crippen LogP contribution in [0.3, 0.4) is 0 Å². The highest BCUT2D eigenvalue weighted by atomic mass is 16.4. The molecule has 7 nitrogen and oxygen atoms in total. The fraction of sp³-hybridized carbons (Fsp3) is 0.700. The molecule has 0 aromatic rings. The van der Waals surface area contributed by atoms with Gasteiger partial charge < -0.3 is 21.1 Å². The van der Waals surface area contributed by atoms with Crippen molar-refractivity contribution in [1.29, 1.82) is 0 Å². The second-order valence-corrected chi connectivity index (χ2v) is 4.00. The summed E-state index contributed by atoms with van der Waals surface area (Å²) in [4.78, 5) is 34.3. The Morgan fingerprint density at radius 1 is 1.29 bits per heavy atom. The summed E-state index contributed by atoms with van der Waals surface area (Å²) in [6, 6.07) is -1.43. The van der Waals surface area contributed by atoms with Crippen molar-refractivity contribution in [2.24, 2.45) is 5.73 Å². The Bertz CT molecular complexity index is 304. The van der Waals surface area contributed by atoms with Crippen LogP contribution in [0.15, 0.2) is 0 Å². The Labute approximate surface area is 100.0 Å². The molecule has 0 radical (unpaired) electrons. The van der Waals surface area contributed by atoms with E-state index in [1.807, 2.05) is 0 Å². The number of nitrogens with zero attached hydrogens (tertiary/aromatic N) is 1. The van der Waals surface area contributed by atoms with Gasteiger partial charge in [0, 0.05) is 12.6 Å². The lowest BCUT2D eigenvalue weighted by molar-refractivity contribution is -0.137. The molecular formula is C10H19N3O4. The van der Waals surface area contributed by atoms with Gasteiger partial charge in [-0.05, 0) is 20.8 Å². The van der Waals surface area contributed by atoms with Crippen molar-refractivity contribution in [3.63, 3.8) is 0 Å². The van der Waals surface area contributed by atoms with Crippen molar-refractivity contribution in [2.45, 2.75) is 39.3 Å². The third kappa shape index (κ3) is 5.74. The fourth-order valence-corrected chi connectivity index (χ4v) is 1.15. The van der Waals surface area contributed by atoms with E-state index in [-0.39, 0.29) is 19.0 Å². The molecule has 0 heterocycles. The van der Waals surface area contributed by atoms with Gasteiger partial charge in [-0.1, -0.05) is 0 Å². The Kier molecular flexibility index (Phi) is 6.01. The van der Waals surface area contributed by atoms with Crippen LogP contribution in [-0.4, -0.2) is 46.5 Å². The summed E-state index contributed by atoms with van der Waals surface area (Å²) >= 11 is 0. The van der Waals surface area contributed by atoms with E-state index in [4.69, 9.17) is 10.8 Å². The second-order valence-electron chi connectivity index (χ2n) is 4.00. The number of nitrogens with two attached hydrogens (primary N) is 1. The number of carbonyl (C=O) groups is 3. The largest absolute Gasteiger partial charge is 0.481 e.